The Balaban J connectivity index is 1.78. The molecule has 0 bridgehead atoms. The molecule has 3 rings (SSSR count). The molecule has 116 valence electrons. The Morgan fingerprint density at radius 3 is 2.57 bits per heavy atom. The standard InChI is InChI=1S/C17H28N4/c1-3-16(2)13-20-17(8-5-4-6-9-17)14-21(16)12-15-18-10-7-11-19-15/h7,10-11,20H,3-6,8-9,12-14H2,1-2H3. The van der Waals surface area contributed by atoms with Gasteiger partial charge in [-0.1, -0.05) is 26.2 Å². The monoisotopic (exact) mass is 288 g/mol. The lowest BCUT2D eigenvalue weighted by Crippen LogP contribution is -2.69. The van der Waals surface area contributed by atoms with E-state index in [4.69, 9.17) is 0 Å². The molecule has 1 N–H and O–H groups in total. The minimum atomic E-state index is 0.210. The SMILES string of the molecule is CCC1(C)CNC2(CCCCC2)CN1Cc1ncccn1. The lowest BCUT2D eigenvalue weighted by atomic mass is 9.77. The average Bonchev–Trinajstić information content (AvgIpc) is 2.53. The molecule has 1 saturated heterocycles. The Bertz CT molecular complexity index is 455. The predicted molar refractivity (Wildman–Crippen MR) is 85.0 cm³/mol. The number of hydrogen-bond acceptors (Lipinski definition) is 4. The predicted octanol–water partition coefficient (Wildman–Crippen LogP) is 2.75. The van der Waals surface area contributed by atoms with Crippen molar-refractivity contribution >= 4 is 0 Å². The van der Waals surface area contributed by atoms with Gasteiger partial charge in [0.05, 0.1) is 6.54 Å². The van der Waals surface area contributed by atoms with Crippen molar-refractivity contribution in [3.63, 3.8) is 0 Å². The summed E-state index contributed by atoms with van der Waals surface area (Å²) in [6.45, 7) is 7.75. The van der Waals surface area contributed by atoms with Crippen LogP contribution in [0.3, 0.4) is 0 Å². The maximum Gasteiger partial charge on any atom is 0.142 e. The number of rotatable bonds is 3. The van der Waals surface area contributed by atoms with Gasteiger partial charge in [-0.05, 0) is 32.3 Å². The Morgan fingerprint density at radius 1 is 1.19 bits per heavy atom. The summed E-state index contributed by atoms with van der Waals surface area (Å²) in [5.41, 5.74) is 0.545. The second kappa shape index (κ2) is 6.01. The highest BCUT2D eigenvalue weighted by molar-refractivity contribution is 5.05. The molecule has 0 aromatic carbocycles. The van der Waals surface area contributed by atoms with Crippen LogP contribution in [0.1, 0.15) is 58.2 Å². The lowest BCUT2D eigenvalue weighted by molar-refractivity contribution is -0.00896. The van der Waals surface area contributed by atoms with Gasteiger partial charge in [0.2, 0.25) is 0 Å². The molecule has 0 radical (unpaired) electrons. The van der Waals surface area contributed by atoms with E-state index in [0.717, 1.165) is 31.9 Å². The van der Waals surface area contributed by atoms with Crippen LogP contribution in [0.5, 0.6) is 0 Å². The molecular formula is C17H28N4. The van der Waals surface area contributed by atoms with E-state index in [9.17, 15) is 0 Å². The van der Waals surface area contributed by atoms with Crippen molar-refractivity contribution in [1.29, 1.82) is 0 Å². The van der Waals surface area contributed by atoms with Gasteiger partial charge in [0.15, 0.2) is 0 Å². The number of nitrogens with zero attached hydrogens (tertiary/aromatic N) is 3. The van der Waals surface area contributed by atoms with E-state index in [1.165, 1.54) is 32.1 Å². The summed E-state index contributed by atoms with van der Waals surface area (Å²) in [6, 6.07) is 1.89. The molecule has 1 aliphatic carbocycles. The van der Waals surface area contributed by atoms with Gasteiger partial charge in [0.1, 0.15) is 5.82 Å². The molecular weight excluding hydrogens is 260 g/mol. The molecule has 0 amide bonds. The topological polar surface area (TPSA) is 41.0 Å². The second-order valence-corrected chi connectivity index (χ2v) is 7.07. The van der Waals surface area contributed by atoms with Gasteiger partial charge in [0, 0.05) is 36.6 Å². The van der Waals surface area contributed by atoms with Crippen LogP contribution in [-0.4, -0.2) is 39.0 Å². The van der Waals surface area contributed by atoms with Crippen LogP contribution in [0.2, 0.25) is 0 Å². The van der Waals surface area contributed by atoms with E-state index < -0.39 is 0 Å². The van der Waals surface area contributed by atoms with E-state index >= 15 is 0 Å². The largest absolute Gasteiger partial charge is 0.308 e. The highest BCUT2D eigenvalue weighted by Gasteiger charge is 2.44. The van der Waals surface area contributed by atoms with Crippen molar-refractivity contribution < 1.29 is 0 Å². The summed E-state index contributed by atoms with van der Waals surface area (Å²) < 4.78 is 0. The van der Waals surface area contributed by atoms with Gasteiger partial charge in [-0.15, -0.1) is 0 Å². The minimum Gasteiger partial charge on any atom is -0.308 e. The fourth-order valence-corrected chi connectivity index (χ4v) is 3.84. The van der Waals surface area contributed by atoms with E-state index in [0.29, 0.717) is 5.54 Å². The number of piperazine rings is 1. The smallest absolute Gasteiger partial charge is 0.142 e. The molecule has 1 spiro atoms. The first-order chi connectivity index (χ1) is 10.2. The van der Waals surface area contributed by atoms with E-state index in [2.05, 4.69) is 34.0 Å². The van der Waals surface area contributed by atoms with Crippen LogP contribution in [-0.2, 0) is 6.54 Å². The third-order valence-electron chi connectivity index (χ3n) is 5.63. The van der Waals surface area contributed by atoms with Crippen molar-refractivity contribution in [2.75, 3.05) is 13.1 Å². The average molecular weight is 288 g/mol. The lowest BCUT2D eigenvalue weighted by Gasteiger charge is -2.54. The summed E-state index contributed by atoms with van der Waals surface area (Å²) in [4.78, 5) is 11.5. The zero-order valence-corrected chi connectivity index (χ0v) is 13.4. The van der Waals surface area contributed by atoms with Crippen LogP contribution < -0.4 is 5.32 Å². The van der Waals surface area contributed by atoms with E-state index in [1.807, 2.05) is 18.5 Å². The van der Waals surface area contributed by atoms with Gasteiger partial charge in [-0.2, -0.15) is 0 Å². The Kier molecular flexibility index (Phi) is 4.27. The third kappa shape index (κ3) is 3.11. The highest BCUT2D eigenvalue weighted by atomic mass is 15.3. The van der Waals surface area contributed by atoms with Crippen LogP contribution in [0.4, 0.5) is 0 Å². The molecule has 1 aromatic rings. The number of hydrogen-bond donors (Lipinski definition) is 1. The van der Waals surface area contributed by atoms with Crippen LogP contribution in [0, 0.1) is 0 Å². The number of aromatic nitrogens is 2. The Morgan fingerprint density at radius 2 is 1.90 bits per heavy atom. The number of nitrogens with one attached hydrogen (secondary N) is 1. The van der Waals surface area contributed by atoms with Gasteiger partial charge in [-0.3, -0.25) is 4.90 Å². The molecule has 2 fully saturated rings. The second-order valence-electron chi connectivity index (χ2n) is 7.07. The summed E-state index contributed by atoms with van der Waals surface area (Å²) in [5.74, 6) is 0.949. The van der Waals surface area contributed by atoms with E-state index in [1.54, 1.807) is 0 Å². The molecule has 1 aromatic heterocycles. The van der Waals surface area contributed by atoms with Gasteiger partial charge < -0.3 is 5.32 Å². The van der Waals surface area contributed by atoms with Gasteiger partial charge >= 0.3 is 0 Å². The molecule has 21 heavy (non-hydrogen) atoms. The molecule has 4 heteroatoms. The summed E-state index contributed by atoms with van der Waals surface area (Å²) in [6.07, 6.45) is 11.6. The Labute approximate surface area is 128 Å². The molecule has 1 saturated carbocycles. The first-order valence-corrected chi connectivity index (χ1v) is 8.42. The van der Waals surface area contributed by atoms with Crippen molar-refractivity contribution in [1.82, 2.24) is 20.2 Å². The van der Waals surface area contributed by atoms with Gasteiger partial charge in [-0.25, -0.2) is 9.97 Å². The Hall–Kier alpha value is -1.00. The normalized spacial score (nSPS) is 29.6. The summed E-state index contributed by atoms with van der Waals surface area (Å²) >= 11 is 0. The van der Waals surface area contributed by atoms with Crippen LogP contribution in [0.15, 0.2) is 18.5 Å². The quantitative estimate of drug-likeness (QED) is 0.928. The fraction of sp³-hybridized carbons (Fsp3) is 0.765. The van der Waals surface area contributed by atoms with Crippen molar-refractivity contribution in [2.24, 2.45) is 0 Å². The van der Waals surface area contributed by atoms with Crippen molar-refractivity contribution in [3.05, 3.63) is 24.3 Å². The van der Waals surface area contributed by atoms with Gasteiger partial charge in [0.25, 0.3) is 0 Å². The summed E-state index contributed by atoms with van der Waals surface area (Å²) in [5, 5.41) is 3.91. The first kappa shape index (κ1) is 14.9. The van der Waals surface area contributed by atoms with Crippen molar-refractivity contribution in [3.8, 4) is 0 Å². The maximum atomic E-state index is 4.43. The molecule has 1 aliphatic heterocycles. The van der Waals surface area contributed by atoms with Crippen LogP contribution >= 0.6 is 0 Å². The van der Waals surface area contributed by atoms with Crippen molar-refractivity contribution in [2.45, 2.75) is 70.0 Å². The third-order valence-corrected chi connectivity index (χ3v) is 5.63. The molecule has 1 unspecified atom stereocenters. The molecule has 2 heterocycles. The summed E-state index contributed by atoms with van der Waals surface area (Å²) in [7, 11) is 0. The first-order valence-electron chi connectivity index (χ1n) is 8.42. The molecule has 4 nitrogen and oxygen atoms in total. The highest BCUT2D eigenvalue weighted by Crippen LogP contribution is 2.36. The minimum absolute atomic E-state index is 0.210. The zero-order chi connectivity index (χ0) is 14.8. The molecule has 1 atom stereocenters. The molecule has 2 aliphatic rings. The van der Waals surface area contributed by atoms with Crippen LogP contribution in [0.25, 0.3) is 0 Å². The zero-order valence-electron chi connectivity index (χ0n) is 13.4. The van der Waals surface area contributed by atoms with E-state index in [-0.39, 0.29) is 5.54 Å². The maximum absolute atomic E-state index is 4.43. The fourth-order valence-electron chi connectivity index (χ4n) is 3.84.